The standard InChI is InChI=1S/C13H12NO2.Al/c14-11-6-3-5-10(13(11)16)8-9-4-1-2-7-12(9)15;/h1-8,13-16H;/q-1;+1. The van der Waals surface area contributed by atoms with Gasteiger partial charge >= 0.3 is 16.5 Å². The second kappa shape index (κ2) is 5.24. The Morgan fingerprint density at radius 3 is 2.76 bits per heavy atom. The van der Waals surface area contributed by atoms with Gasteiger partial charge in [0.15, 0.2) is 0 Å². The van der Waals surface area contributed by atoms with Crippen LogP contribution < -0.4 is 4.30 Å². The molecule has 1 atom stereocenters. The quantitative estimate of drug-likeness (QED) is 0.683. The van der Waals surface area contributed by atoms with Crippen molar-refractivity contribution < 1.29 is 10.2 Å². The molecule has 1 aliphatic rings. The average Bonchev–Trinajstić information content (AvgIpc) is 2.34. The molecule has 3 nitrogen and oxygen atoms in total. The van der Waals surface area contributed by atoms with Crippen molar-refractivity contribution in [2.24, 2.45) is 0 Å². The van der Waals surface area contributed by atoms with Crippen molar-refractivity contribution in [3.63, 3.8) is 0 Å². The summed E-state index contributed by atoms with van der Waals surface area (Å²) in [5.41, 5.74) is 2.13. The Balaban J connectivity index is 2.33. The van der Waals surface area contributed by atoms with Crippen molar-refractivity contribution in [1.29, 1.82) is 0 Å². The number of rotatable bonds is 2. The van der Waals surface area contributed by atoms with E-state index in [4.69, 9.17) is 0 Å². The number of para-hydroxylation sites is 1. The third kappa shape index (κ3) is 2.62. The van der Waals surface area contributed by atoms with Crippen molar-refractivity contribution in [3.05, 3.63) is 59.3 Å². The van der Waals surface area contributed by atoms with Gasteiger partial charge in [0, 0.05) is 11.3 Å². The molecule has 0 saturated heterocycles. The van der Waals surface area contributed by atoms with Gasteiger partial charge in [0.25, 0.3) is 0 Å². The monoisotopic (exact) mass is 241 g/mol. The molecule has 0 aromatic heterocycles. The van der Waals surface area contributed by atoms with E-state index in [2.05, 4.69) is 20.8 Å². The van der Waals surface area contributed by atoms with Crippen LogP contribution in [-0.2, 0) is 0 Å². The van der Waals surface area contributed by atoms with Crippen molar-refractivity contribution in [3.8, 4) is 5.75 Å². The molecule has 2 rings (SSSR count). The van der Waals surface area contributed by atoms with E-state index >= 15 is 0 Å². The molecule has 2 radical (unpaired) electrons. The Morgan fingerprint density at radius 1 is 1.29 bits per heavy atom. The lowest BCUT2D eigenvalue weighted by Gasteiger charge is -2.20. The zero-order chi connectivity index (χ0) is 12.3. The number of aromatic hydroxyl groups is 1. The van der Waals surface area contributed by atoms with Gasteiger partial charge in [-0.05, 0) is 23.8 Å². The van der Waals surface area contributed by atoms with E-state index in [-0.39, 0.29) is 5.75 Å². The number of phenols is 1. The summed E-state index contributed by atoms with van der Waals surface area (Å²) in [6.07, 6.45) is 6.55. The Labute approximate surface area is 108 Å². The number of benzene rings is 1. The SMILES string of the molecule is Oc1ccccc1C=C1C=CC=C([NH][Al])C1O. The third-order valence-electron chi connectivity index (χ3n) is 2.60. The molecule has 0 amide bonds. The van der Waals surface area contributed by atoms with Crippen LogP contribution in [0, 0.1) is 0 Å². The molecule has 0 bridgehead atoms. The average molecular weight is 241 g/mol. The highest BCUT2D eigenvalue weighted by Gasteiger charge is 2.15. The van der Waals surface area contributed by atoms with Crippen molar-refractivity contribution in [2.45, 2.75) is 6.10 Å². The number of nitrogens with one attached hydrogen (secondary N) is 1. The maximum Gasteiger partial charge on any atom is 0.305 e. The molecule has 0 saturated carbocycles. The predicted molar refractivity (Wildman–Crippen MR) is 68.2 cm³/mol. The Hall–Kier alpha value is -1.47. The molecule has 3 N–H and O–H groups in total. The van der Waals surface area contributed by atoms with Crippen LogP contribution in [-0.4, -0.2) is 32.8 Å². The molecular weight excluding hydrogens is 229 g/mol. The molecule has 84 valence electrons. The number of phenolic OH excluding ortho intramolecular Hbond substituents is 1. The van der Waals surface area contributed by atoms with Gasteiger partial charge in [0.2, 0.25) is 0 Å². The van der Waals surface area contributed by atoms with E-state index in [1.807, 2.05) is 18.2 Å². The van der Waals surface area contributed by atoms with E-state index in [1.165, 1.54) is 0 Å². The lowest BCUT2D eigenvalue weighted by molar-refractivity contribution is 0.246. The summed E-state index contributed by atoms with van der Waals surface area (Å²) in [6, 6.07) is 7.03. The lowest BCUT2D eigenvalue weighted by Crippen LogP contribution is -2.24. The molecule has 1 unspecified atom stereocenters. The van der Waals surface area contributed by atoms with Gasteiger partial charge in [-0.3, -0.25) is 0 Å². The maximum absolute atomic E-state index is 10.0. The van der Waals surface area contributed by atoms with Gasteiger partial charge in [0.1, 0.15) is 11.9 Å². The highest BCUT2D eigenvalue weighted by molar-refractivity contribution is 6.05. The first-order valence-electron chi connectivity index (χ1n) is 5.25. The fourth-order valence-electron chi connectivity index (χ4n) is 1.67. The van der Waals surface area contributed by atoms with Crippen LogP contribution in [0.3, 0.4) is 0 Å². The van der Waals surface area contributed by atoms with E-state index in [0.29, 0.717) is 11.3 Å². The van der Waals surface area contributed by atoms with Gasteiger partial charge in [-0.2, -0.15) is 0 Å². The van der Waals surface area contributed by atoms with E-state index in [1.54, 1.807) is 30.4 Å². The normalized spacial score (nSPS) is 21.4. The minimum Gasteiger partial charge on any atom is -0.507 e. The summed E-state index contributed by atoms with van der Waals surface area (Å²) in [4.78, 5) is 0. The topological polar surface area (TPSA) is 52.5 Å². The largest absolute Gasteiger partial charge is 0.507 e. The smallest absolute Gasteiger partial charge is 0.305 e. The summed E-state index contributed by atoms with van der Waals surface area (Å²) < 4.78 is 2.86. The van der Waals surface area contributed by atoms with Crippen molar-refractivity contribution in [2.75, 3.05) is 0 Å². The van der Waals surface area contributed by atoms with Crippen molar-refractivity contribution >= 4 is 22.6 Å². The van der Waals surface area contributed by atoms with Crippen molar-refractivity contribution in [1.82, 2.24) is 4.30 Å². The molecule has 1 aliphatic carbocycles. The second-order valence-electron chi connectivity index (χ2n) is 3.73. The fourth-order valence-corrected chi connectivity index (χ4v) is 1.92. The minimum atomic E-state index is -0.697. The van der Waals surface area contributed by atoms with Crippen LogP contribution in [0.15, 0.2) is 53.8 Å². The highest BCUT2D eigenvalue weighted by atomic mass is 27.1. The van der Waals surface area contributed by atoms with Crippen LogP contribution in [0.1, 0.15) is 5.56 Å². The summed E-state index contributed by atoms with van der Waals surface area (Å²) in [6.45, 7) is 0. The molecule has 1 aromatic rings. The number of hydrogen-bond acceptors (Lipinski definition) is 3. The van der Waals surface area contributed by atoms with E-state index in [0.717, 1.165) is 5.57 Å². The van der Waals surface area contributed by atoms with Gasteiger partial charge < -0.3 is 14.5 Å². The molecule has 0 fully saturated rings. The van der Waals surface area contributed by atoms with Crippen LogP contribution in [0.5, 0.6) is 5.75 Å². The first-order valence-corrected chi connectivity index (χ1v) is 5.82. The molecular formula is C13H12AlNO2. The maximum atomic E-state index is 10.0. The number of hydrogen-bond donors (Lipinski definition) is 3. The molecule has 0 heterocycles. The summed E-state index contributed by atoms with van der Waals surface area (Å²) in [5, 5.41) is 19.7. The number of aliphatic hydroxyl groups is 1. The van der Waals surface area contributed by atoms with Crippen LogP contribution in [0.25, 0.3) is 6.08 Å². The van der Waals surface area contributed by atoms with E-state index in [9.17, 15) is 10.2 Å². The van der Waals surface area contributed by atoms with Gasteiger partial charge in [-0.1, -0.05) is 30.4 Å². The summed E-state index contributed by atoms with van der Waals surface area (Å²) in [7, 11) is 0. The first kappa shape index (κ1) is 12.0. The summed E-state index contributed by atoms with van der Waals surface area (Å²) >= 11 is 2.36. The van der Waals surface area contributed by atoms with Crippen LogP contribution in [0.2, 0.25) is 0 Å². The number of aliphatic hydroxyl groups excluding tert-OH is 1. The molecule has 0 spiro atoms. The molecule has 4 heteroatoms. The van der Waals surface area contributed by atoms with Crippen LogP contribution >= 0.6 is 0 Å². The predicted octanol–water partition coefficient (Wildman–Crippen LogP) is 1.26. The van der Waals surface area contributed by atoms with Crippen LogP contribution in [0.4, 0.5) is 0 Å². The Morgan fingerprint density at radius 2 is 2.06 bits per heavy atom. The molecule has 1 aromatic carbocycles. The van der Waals surface area contributed by atoms with E-state index < -0.39 is 6.10 Å². The number of allylic oxidation sites excluding steroid dienone is 2. The second-order valence-corrected chi connectivity index (χ2v) is 4.02. The summed E-state index contributed by atoms with van der Waals surface area (Å²) in [5.74, 6) is 0.204. The molecule has 0 aliphatic heterocycles. The first-order chi connectivity index (χ1) is 8.22. The van der Waals surface area contributed by atoms with Gasteiger partial charge in [-0.15, -0.1) is 0 Å². The fraction of sp³-hybridized carbons (Fsp3) is 0.0769. The van der Waals surface area contributed by atoms with Gasteiger partial charge in [0.05, 0.1) is 0 Å². The lowest BCUT2D eigenvalue weighted by atomic mass is 9.99. The third-order valence-corrected chi connectivity index (χ3v) is 2.93. The Bertz CT molecular complexity index is 506. The van der Waals surface area contributed by atoms with Gasteiger partial charge in [-0.25, -0.2) is 0 Å². The Kier molecular flexibility index (Phi) is 3.70. The highest BCUT2D eigenvalue weighted by Crippen LogP contribution is 2.24. The zero-order valence-electron chi connectivity index (χ0n) is 9.17. The molecule has 17 heavy (non-hydrogen) atoms. The minimum absolute atomic E-state index is 0.204. The zero-order valence-corrected chi connectivity index (χ0v) is 10.3.